The molecule has 0 saturated carbocycles. The number of benzene rings is 1. The third-order valence-corrected chi connectivity index (χ3v) is 5.07. The second kappa shape index (κ2) is 12.0. The Hall–Kier alpha value is -1.50. The monoisotopic (exact) mass is 340 g/mol. The van der Waals surface area contributed by atoms with Gasteiger partial charge in [0, 0.05) is 0 Å². The molecule has 1 aromatic carbocycles. The summed E-state index contributed by atoms with van der Waals surface area (Å²) in [4.78, 5) is 0. The van der Waals surface area contributed by atoms with Crippen molar-refractivity contribution in [1.82, 2.24) is 0 Å². The van der Waals surface area contributed by atoms with Crippen LogP contribution in [0.1, 0.15) is 83.6 Å². The van der Waals surface area contributed by atoms with Crippen molar-refractivity contribution in [2.45, 2.75) is 78.1 Å². The Bertz CT molecular complexity index is 524. The molecule has 0 radical (unpaired) electrons. The maximum atomic E-state index is 5.75. The van der Waals surface area contributed by atoms with Gasteiger partial charge in [0.05, 0.1) is 6.61 Å². The Balaban J connectivity index is 1.70. The van der Waals surface area contributed by atoms with E-state index in [1.807, 2.05) is 0 Å². The van der Waals surface area contributed by atoms with Crippen molar-refractivity contribution >= 4 is 5.57 Å². The van der Waals surface area contributed by atoms with Crippen LogP contribution in [-0.4, -0.2) is 6.61 Å². The van der Waals surface area contributed by atoms with Crippen LogP contribution in [0, 0.1) is 5.92 Å². The fraction of sp³-hybridized carbons (Fsp3) is 0.583. The van der Waals surface area contributed by atoms with E-state index in [9.17, 15) is 0 Å². The van der Waals surface area contributed by atoms with Gasteiger partial charge in [0.15, 0.2) is 0 Å². The van der Waals surface area contributed by atoms with E-state index in [0.717, 1.165) is 24.7 Å². The third kappa shape index (κ3) is 7.50. The molecule has 0 heterocycles. The molecular formula is C24H36O. The van der Waals surface area contributed by atoms with Crippen molar-refractivity contribution < 1.29 is 4.74 Å². The number of allylic oxidation sites excluding steroid dienone is 4. The average molecular weight is 341 g/mol. The Morgan fingerprint density at radius 2 is 1.60 bits per heavy atom. The molecule has 138 valence electrons. The maximum absolute atomic E-state index is 5.75. The Morgan fingerprint density at radius 1 is 0.880 bits per heavy atom. The second-order valence-electron chi connectivity index (χ2n) is 7.30. The van der Waals surface area contributed by atoms with E-state index in [1.54, 1.807) is 0 Å². The van der Waals surface area contributed by atoms with Crippen LogP contribution in [0.2, 0.25) is 0 Å². The van der Waals surface area contributed by atoms with E-state index < -0.39 is 0 Å². The number of unbranched alkanes of at least 4 members (excludes halogenated alkanes) is 6. The first kappa shape index (κ1) is 19.8. The zero-order chi connectivity index (χ0) is 17.7. The van der Waals surface area contributed by atoms with Crippen molar-refractivity contribution in [3.63, 3.8) is 0 Å². The molecule has 1 nitrogen and oxygen atoms in total. The van der Waals surface area contributed by atoms with Crippen LogP contribution in [0.5, 0.6) is 5.75 Å². The van der Waals surface area contributed by atoms with Crippen LogP contribution in [0.15, 0.2) is 42.5 Å². The average Bonchev–Trinajstić information content (AvgIpc) is 2.66. The maximum Gasteiger partial charge on any atom is 0.119 e. The fourth-order valence-corrected chi connectivity index (χ4v) is 3.36. The highest BCUT2D eigenvalue weighted by molar-refractivity contribution is 5.75. The first-order valence-electron chi connectivity index (χ1n) is 10.4. The van der Waals surface area contributed by atoms with Crippen LogP contribution in [0.4, 0.5) is 0 Å². The SMILES string of the molecule is CCCCCCCCC1C=CC(c2ccc(OCCCC)cc2)=CC1. The second-order valence-corrected chi connectivity index (χ2v) is 7.30. The zero-order valence-corrected chi connectivity index (χ0v) is 16.3. The molecule has 1 unspecified atom stereocenters. The van der Waals surface area contributed by atoms with Crippen molar-refractivity contribution in [2.24, 2.45) is 5.92 Å². The van der Waals surface area contributed by atoms with Gasteiger partial charge in [-0.15, -0.1) is 0 Å². The molecular weight excluding hydrogens is 304 g/mol. The van der Waals surface area contributed by atoms with Gasteiger partial charge in [0.1, 0.15) is 5.75 Å². The minimum absolute atomic E-state index is 0.742. The molecule has 1 heteroatoms. The van der Waals surface area contributed by atoms with Gasteiger partial charge in [-0.05, 0) is 48.4 Å². The van der Waals surface area contributed by atoms with Crippen LogP contribution in [0.25, 0.3) is 5.57 Å². The smallest absolute Gasteiger partial charge is 0.119 e. The summed E-state index contributed by atoms with van der Waals surface area (Å²) in [7, 11) is 0. The molecule has 1 aliphatic carbocycles. The van der Waals surface area contributed by atoms with E-state index >= 15 is 0 Å². The predicted molar refractivity (Wildman–Crippen MR) is 110 cm³/mol. The van der Waals surface area contributed by atoms with Crippen LogP contribution in [-0.2, 0) is 0 Å². The molecule has 1 aliphatic rings. The van der Waals surface area contributed by atoms with E-state index in [4.69, 9.17) is 4.74 Å². The zero-order valence-electron chi connectivity index (χ0n) is 16.3. The van der Waals surface area contributed by atoms with E-state index in [2.05, 4.69) is 56.3 Å². The molecule has 0 spiro atoms. The van der Waals surface area contributed by atoms with Crippen LogP contribution in [0.3, 0.4) is 0 Å². The van der Waals surface area contributed by atoms with E-state index in [1.165, 1.54) is 68.9 Å². The Kier molecular flexibility index (Phi) is 9.47. The molecule has 1 atom stereocenters. The highest BCUT2D eigenvalue weighted by Crippen LogP contribution is 2.28. The molecule has 2 rings (SSSR count). The standard InChI is InChI=1S/C24H36O/c1-3-5-7-8-9-10-11-21-12-14-22(15-13-21)23-16-18-24(19-17-23)25-20-6-4-2/h12,14-19,21H,3-11,13,20H2,1-2H3. The molecule has 0 bridgehead atoms. The summed E-state index contributed by atoms with van der Waals surface area (Å²) in [6.45, 7) is 5.29. The number of hydrogen-bond donors (Lipinski definition) is 0. The van der Waals surface area contributed by atoms with Crippen molar-refractivity contribution in [3.05, 3.63) is 48.1 Å². The van der Waals surface area contributed by atoms with Gasteiger partial charge in [-0.2, -0.15) is 0 Å². The topological polar surface area (TPSA) is 9.23 Å². The summed E-state index contributed by atoms with van der Waals surface area (Å²) in [5, 5.41) is 0. The lowest BCUT2D eigenvalue weighted by molar-refractivity contribution is 0.309. The molecule has 0 saturated heterocycles. The Morgan fingerprint density at radius 3 is 2.28 bits per heavy atom. The molecule has 0 aliphatic heterocycles. The molecule has 0 aromatic heterocycles. The highest BCUT2D eigenvalue weighted by Gasteiger charge is 2.10. The minimum Gasteiger partial charge on any atom is -0.494 e. The van der Waals surface area contributed by atoms with Gasteiger partial charge in [0.25, 0.3) is 0 Å². The largest absolute Gasteiger partial charge is 0.494 e. The summed E-state index contributed by atoms with van der Waals surface area (Å²) < 4.78 is 5.75. The lowest BCUT2D eigenvalue weighted by Crippen LogP contribution is -2.00. The minimum atomic E-state index is 0.742. The number of ether oxygens (including phenoxy) is 1. The quantitative estimate of drug-likeness (QED) is 0.356. The van der Waals surface area contributed by atoms with Crippen LogP contribution >= 0.6 is 0 Å². The van der Waals surface area contributed by atoms with Crippen molar-refractivity contribution in [3.8, 4) is 5.75 Å². The van der Waals surface area contributed by atoms with Gasteiger partial charge in [-0.3, -0.25) is 0 Å². The van der Waals surface area contributed by atoms with Gasteiger partial charge in [-0.25, -0.2) is 0 Å². The summed E-state index contributed by atoms with van der Waals surface area (Å²) in [5.41, 5.74) is 2.66. The van der Waals surface area contributed by atoms with Gasteiger partial charge >= 0.3 is 0 Å². The lowest BCUT2D eigenvalue weighted by Gasteiger charge is -2.16. The van der Waals surface area contributed by atoms with Crippen molar-refractivity contribution in [2.75, 3.05) is 6.61 Å². The number of hydrogen-bond acceptors (Lipinski definition) is 1. The van der Waals surface area contributed by atoms with Gasteiger partial charge in [-0.1, -0.05) is 89.2 Å². The summed E-state index contributed by atoms with van der Waals surface area (Å²) in [6, 6.07) is 8.57. The normalized spacial score (nSPS) is 16.7. The fourth-order valence-electron chi connectivity index (χ4n) is 3.36. The summed E-state index contributed by atoms with van der Waals surface area (Å²) in [6.07, 6.45) is 20.3. The first-order chi connectivity index (χ1) is 12.3. The number of rotatable bonds is 12. The van der Waals surface area contributed by atoms with Crippen molar-refractivity contribution in [1.29, 1.82) is 0 Å². The van der Waals surface area contributed by atoms with Gasteiger partial charge in [0.2, 0.25) is 0 Å². The summed E-state index contributed by atoms with van der Waals surface area (Å²) >= 11 is 0. The Labute approximate surface area is 155 Å². The third-order valence-electron chi connectivity index (χ3n) is 5.07. The molecule has 0 fully saturated rings. The first-order valence-corrected chi connectivity index (χ1v) is 10.4. The molecule has 0 N–H and O–H groups in total. The molecule has 1 aromatic rings. The lowest BCUT2D eigenvalue weighted by atomic mass is 9.89. The van der Waals surface area contributed by atoms with E-state index in [-0.39, 0.29) is 0 Å². The van der Waals surface area contributed by atoms with E-state index in [0.29, 0.717) is 0 Å². The van der Waals surface area contributed by atoms with Crippen LogP contribution < -0.4 is 4.74 Å². The molecule has 0 amide bonds. The van der Waals surface area contributed by atoms with Gasteiger partial charge < -0.3 is 4.74 Å². The molecule has 25 heavy (non-hydrogen) atoms. The summed E-state index contributed by atoms with van der Waals surface area (Å²) in [5.74, 6) is 1.73. The highest BCUT2D eigenvalue weighted by atomic mass is 16.5. The predicted octanol–water partition coefficient (Wildman–Crippen LogP) is 7.58.